The first-order valence-electron chi connectivity index (χ1n) is 6.45. The topological polar surface area (TPSA) is 111 Å². The molecule has 0 bridgehead atoms. The van der Waals surface area contributed by atoms with Crippen LogP contribution >= 0.6 is 11.6 Å². The Bertz CT molecular complexity index is 609. The van der Waals surface area contributed by atoms with Crippen LogP contribution in [0, 0.1) is 0 Å². The largest absolute Gasteiger partial charge is 0.387 e. The van der Waals surface area contributed by atoms with Crippen LogP contribution in [0.2, 0.25) is 0 Å². The summed E-state index contributed by atoms with van der Waals surface area (Å²) in [6.45, 7) is 1.91. The molecule has 1 aliphatic carbocycles. The molecule has 20 heavy (non-hydrogen) atoms. The third-order valence-electron chi connectivity index (χ3n) is 4.20. The standard InChI is InChI=1S/C12H16ClN3O4/c1-2-4-11-9(17)12(11,19)7(13)8(20-11)16-5-3-6(14)15-10(16)18/h3,5,7-9,17,19H,2,4H2,1H3,(H2,14,15,18)/t7-,8+,9?,11+,12+/m0/s1. The van der Waals surface area contributed by atoms with Crippen LogP contribution < -0.4 is 11.4 Å². The molecule has 5 atom stereocenters. The van der Waals surface area contributed by atoms with E-state index in [4.69, 9.17) is 22.1 Å². The van der Waals surface area contributed by atoms with E-state index in [0.717, 1.165) is 0 Å². The Morgan fingerprint density at radius 2 is 2.35 bits per heavy atom. The molecule has 7 nitrogen and oxygen atoms in total. The Labute approximate surface area is 119 Å². The van der Waals surface area contributed by atoms with Crippen molar-refractivity contribution in [1.29, 1.82) is 0 Å². The second-order valence-corrected chi connectivity index (χ2v) is 5.79. The number of halogens is 1. The molecule has 2 heterocycles. The Morgan fingerprint density at radius 1 is 1.65 bits per heavy atom. The first-order chi connectivity index (χ1) is 9.38. The number of hydrogen-bond acceptors (Lipinski definition) is 6. The maximum absolute atomic E-state index is 11.8. The van der Waals surface area contributed by atoms with Crippen molar-refractivity contribution in [3.05, 3.63) is 22.7 Å². The van der Waals surface area contributed by atoms with E-state index in [2.05, 4.69) is 4.98 Å². The minimum atomic E-state index is -1.53. The summed E-state index contributed by atoms with van der Waals surface area (Å²) in [4.78, 5) is 15.4. The number of nitrogens with zero attached hydrogens (tertiary/aromatic N) is 2. The molecular weight excluding hydrogens is 286 g/mol. The molecule has 3 rings (SSSR count). The number of anilines is 1. The lowest BCUT2D eigenvalue weighted by Crippen LogP contribution is -2.37. The highest BCUT2D eigenvalue weighted by molar-refractivity contribution is 6.22. The van der Waals surface area contributed by atoms with Gasteiger partial charge < -0.3 is 20.7 Å². The van der Waals surface area contributed by atoms with Gasteiger partial charge in [0.1, 0.15) is 28.5 Å². The van der Waals surface area contributed by atoms with Gasteiger partial charge in [0.15, 0.2) is 6.23 Å². The Hall–Kier alpha value is -1.15. The average molecular weight is 302 g/mol. The molecule has 0 amide bonds. The lowest BCUT2D eigenvalue weighted by atomic mass is 10.1. The van der Waals surface area contributed by atoms with Gasteiger partial charge in [0, 0.05) is 6.20 Å². The van der Waals surface area contributed by atoms with Crippen molar-refractivity contribution in [3.8, 4) is 0 Å². The SMILES string of the molecule is CCC[C@]12O[C@@H](n3ccc(N)nc3=O)[C@H](Cl)[C@@]1(O)C2O. The summed E-state index contributed by atoms with van der Waals surface area (Å²) in [5.41, 5.74) is 2.20. The van der Waals surface area contributed by atoms with Crippen LogP contribution in [-0.4, -0.2) is 42.4 Å². The van der Waals surface area contributed by atoms with Crippen LogP contribution in [-0.2, 0) is 4.74 Å². The molecule has 2 aliphatic rings. The first kappa shape index (κ1) is 13.8. The molecule has 1 aliphatic heterocycles. The quantitative estimate of drug-likeness (QED) is 0.656. The van der Waals surface area contributed by atoms with E-state index in [0.29, 0.717) is 12.8 Å². The Morgan fingerprint density at radius 3 is 2.95 bits per heavy atom. The van der Waals surface area contributed by atoms with Crippen LogP contribution in [0.4, 0.5) is 5.82 Å². The summed E-state index contributed by atoms with van der Waals surface area (Å²) >= 11 is 6.22. The lowest BCUT2D eigenvalue weighted by Gasteiger charge is -2.23. The highest BCUT2D eigenvalue weighted by atomic mass is 35.5. The molecule has 2 fully saturated rings. The average Bonchev–Trinajstić information content (AvgIpc) is 2.73. The maximum atomic E-state index is 11.8. The number of rotatable bonds is 3. The van der Waals surface area contributed by atoms with Gasteiger partial charge in [0.2, 0.25) is 0 Å². The summed E-state index contributed by atoms with van der Waals surface area (Å²) in [5.74, 6) is 0.0996. The zero-order valence-corrected chi connectivity index (χ0v) is 11.6. The van der Waals surface area contributed by atoms with Gasteiger partial charge in [0.05, 0.1) is 0 Å². The van der Waals surface area contributed by atoms with Gasteiger partial charge in [0.25, 0.3) is 0 Å². The Balaban J connectivity index is 1.97. The van der Waals surface area contributed by atoms with Gasteiger partial charge >= 0.3 is 5.69 Å². The van der Waals surface area contributed by atoms with Crippen molar-refractivity contribution in [3.63, 3.8) is 0 Å². The predicted octanol–water partition coefficient (Wildman–Crippen LogP) is -0.394. The van der Waals surface area contributed by atoms with Crippen molar-refractivity contribution >= 4 is 17.4 Å². The van der Waals surface area contributed by atoms with Crippen LogP contribution in [0.15, 0.2) is 17.1 Å². The molecule has 1 saturated heterocycles. The number of aromatic nitrogens is 2. The fourth-order valence-electron chi connectivity index (χ4n) is 3.12. The van der Waals surface area contributed by atoms with Crippen LogP contribution in [0.25, 0.3) is 0 Å². The van der Waals surface area contributed by atoms with E-state index in [-0.39, 0.29) is 5.82 Å². The fraction of sp³-hybridized carbons (Fsp3) is 0.667. The van der Waals surface area contributed by atoms with Gasteiger partial charge in [-0.15, -0.1) is 11.6 Å². The van der Waals surface area contributed by atoms with Crippen LogP contribution in [0.3, 0.4) is 0 Å². The molecule has 4 N–H and O–H groups in total. The predicted molar refractivity (Wildman–Crippen MR) is 71.3 cm³/mol. The number of aliphatic hydroxyl groups is 2. The fourth-order valence-corrected chi connectivity index (χ4v) is 3.59. The molecule has 1 unspecified atom stereocenters. The van der Waals surface area contributed by atoms with Gasteiger partial charge in [-0.3, -0.25) is 4.57 Å². The molecule has 110 valence electrons. The van der Waals surface area contributed by atoms with Crippen molar-refractivity contribution in [2.75, 3.05) is 5.73 Å². The second-order valence-electron chi connectivity index (χ2n) is 5.32. The van der Waals surface area contributed by atoms with E-state index in [1.54, 1.807) is 0 Å². The summed E-state index contributed by atoms with van der Waals surface area (Å²) in [5, 5.41) is 19.5. The van der Waals surface area contributed by atoms with Crippen molar-refractivity contribution in [1.82, 2.24) is 9.55 Å². The third-order valence-corrected chi connectivity index (χ3v) is 4.75. The normalized spacial score (nSPS) is 42.5. The molecule has 1 aromatic rings. The Kier molecular flexibility index (Phi) is 2.88. The van der Waals surface area contributed by atoms with E-state index in [1.165, 1.54) is 16.8 Å². The van der Waals surface area contributed by atoms with E-state index in [9.17, 15) is 15.0 Å². The zero-order chi connectivity index (χ0) is 14.7. The molecule has 1 aromatic heterocycles. The number of aliphatic hydroxyl groups excluding tert-OH is 1. The van der Waals surface area contributed by atoms with Crippen molar-refractivity contribution in [2.24, 2.45) is 0 Å². The summed E-state index contributed by atoms with van der Waals surface area (Å²) < 4.78 is 6.93. The molecule has 8 heteroatoms. The highest BCUT2D eigenvalue weighted by Gasteiger charge is 2.86. The van der Waals surface area contributed by atoms with E-state index in [1.807, 2.05) is 6.92 Å². The van der Waals surface area contributed by atoms with Gasteiger partial charge in [-0.25, -0.2) is 4.79 Å². The molecule has 1 saturated carbocycles. The lowest BCUT2D eigenvalue weighted by molar-refractivity contribution is -0.0704. The van der Waals surface area contributed by atoms with Crippen molar-refractivity contribution < 1.29 is 14.9 Å². The zero-order valence-electron chi connectivity index (χ0n) is 10.9. The monoisotopic (exact) mass is 301 g/mol. The number of nitrogens with two attached hydrogens (primary N) is 1. The number of hydrogen-bond donors (Lipinski definition) is 3. The van der Waals surface area contributed by atoms with Gasteiger partial charge in [-0.05, 0) is 12.5 Å². The summed E-state index contributed by atoms with van der Waals surface area (Å²) in [6.07, 6.45) is 0.681. The highest BCUT2D eigenvalue weighted by Crippen LogP contribution is 2.65. The van der Waals surface area contributed by atoms with E-state index < -0.39 is 34.6 Å². The smallest absolute Gasteiger partial charge is 0.351 e. The maximum Gasteiger partial charge on any atom is 0.351 e. The third kappa shape index (κ3) is 1.46. The number of nitrogen functional groups attached to an aromatic ring is 1. The molecule has 0 radical (unpaired) electrons. The minimum absolute atomic E-state index is 0.0996. The van der Waals surface area contributed by atoms with Crippen LogP contribution in [0.5, 0.6) is 0 Å². The second kappa shape index (κ2) is 4.17. The van der Waals surface area contributed by atoms with E-state index >= 15 is 0 Å². The molecule has 0 aromatic carbocycles. The van der Waals surface area contributed by atoms with Crippen molar-refractivity contribution in [2.45, 2.75) is 48.7 Å². The first-order valence-corrected chi connectivity index (χ1v) is 6.89. The number of alkyl halides is 1. The van der Waals surface area contributed by atoms with Crippen LogP contribution in [0.1, 0.15) is 26.0 Å². The number of fused-ring (bicyclic) bond motifs is 1. The molecular formula is C12H16ClN3O4. The van der Waals surface area contributed by atoms with Gasteiger partial charge in [-0.1, -0.05) is 13.3 Å². The van der Waals surface area contributed by atoms with Gasteiger partial charge in [-0.2, -0.15) is 4.98 Å². The summed E-state index contributed by atoms with van der Waals surface area (Å²) in [6, 6.07) is 1.45. The number of ether oxygens (including phenoxy) is 1. The minimum Gasteiger partial charge on any atom is -0.387 e. The summed E-state index contributed by atoms with van der Waals surface area (Å²) in [7, 11) is 0. The molecule has 0 spiro atoms.